The molecule has 2 aliphatic rings. The van der Waals surface area contributed by atoms with Gasteiger partial charge < -0.3 is 15.5 Å². The van der Waals surface area contributed by atoms with Crippen molar-refractivity contribution < 1.29 is 0 Å². The minimum atomic E-state index is 0. The average Bonchev–Trinajstić information content (AvgIpc) is 2.67. The molecule has 0 aromatic carbocycles. The van der Waals surface area contributed by atoms with Crippen LogP contribution < -0.4 is 5.73 Å². The zero-order chi connectivity index (χ0) is 13.5. The van der Waals surface area contributed by atoms with Gasteiger partial charge in [0.15, 0.2) is 5.96 Å². The third-order valence-electron chi connectivity index (χ3n) is 4.37. The highest BCUT2D eigenvalue weighted by atomic mass is 127. The predicted molar refractivity (Wildman–Crippen MR) is 96.8 cm³/mol. The smallest absolute Gasteiger partial charge is 0.191 e. The van der Waals surface area contributed by atoms with Crippen LogP contribution in [0.4, 0.5) is 0 Å². The summed E-state index contributed by atoms with van der Waals surface area (Å²) in [4.78, 5) is 9.39. The molecule has 118 valence electrons. The Hall–Kier alpha value is -0.0400. The van der Waals surface area contributed by atoms with Crippen LogP contribution in [0.25, 0.3) is 0 Å². The number of nitrogens with zero attached hydrogens (tertiary/aromatic N) is 3. The fraction of sp³-hybridized carbons (Fsp3) is 0.933. The molecular weight excluding hydrogens is 363 g/mol. The minimum Gasteiger partial charge on any atom is -0.370 e. The molecule has 2 fully saturated rings. The summed E-state index contributed by atoms with van der Waals surface area (Å²) in [6.45, 7) is 8.90. The number of likely N-dealkylation sites (tertiary alicyclic amines) is 2. The molecule has 0 spiro atoms. The third kappa shape index (κ3) is 6.16. The number of hydrogen-bond donors (Lipinski definition) is 1. The van der Waals surface area contributed by atoms with Gasteiger partial charge in [0, 0.05) is 19.6 Å². The summed E-state index contributed by atoms with van der Waals surface area (Å²) < 4.78 is 0. The van der Waals surface area contributed by atoms with Crippen LogP contribution in [0, 0.1) is 5.92 Å². The van der Waals surface area contributed by atoms with Crippen molar-refractivity contribution in [2.75, 3.05) is 39.3 Å². The highest BCUT2D eigenvalue weighted by Gasteiger charge is 2.17. The Kier molecular flexibility index (Phi) is 8.84. The molecule has 4 nitrogen and oxygen atoms in total. The molecule has 2 rings (SSSR count). The van der Waals surface area contributed by atoms with Gasteiger partial charge in [0.25, 0.3) is 0 Å². The van der Waals surface area contributed by atoms with Gasteiger partial charge in [-0.1, -0.05) is 19.8 Å². The van der Waals surface area contributed by atoms with E-state index in [1.807, 2.05) is 0 Å². The van der Waals surface area contributed by atoms with Crippen LogP contribution in [0.2, 0.25) is 0 Å². The van der Waals surface area contributed by atoms with Gasteiger partial charge in [-0.2, -0.15) is 0 Å². The Bertz CT molecular complexity index is 288. The van der Waals surface area contributed by atoms with Gasteiger partial charge in [-0.25, -0.2) is 0 Å². The van der Waals surface area contributed by atoms with Crippen LogP contribution in [-0.4, -0.2) is 55.0 Å². The van der Waals surface area contributed by atoms with E-state index in [1.54, 1.807) is 0 Å². The van der Waals surface area contributed by atoms with E-state index in [0.717, 1.165) is 38.1 Å². The van der Waals surface area contributed by atoms with Crippen LogP contribution >= 0.6 is 24.0 Å². The number of halogens is 1. The Labute approximate surface area is 141 Å². The van der Waals surface area contributed by atoms with Gasteiger partial charge in [-0.3, -0.25) is 4.99 Å². The quantitative estimate of drug-likeness (QED) is 0.455. The Morgan fingerprint density at radius 2 is 1.80 bits per heavy atom. The number of hydrogen-bond acceptors (Lipinski definition) is 2. The monoisotopic (exact) mass is 394 g/mol. The molecule has 0 saturated carbocycles. The maximum absolute atomic E-state index is 6.11. The fourth-order valence-corrected chi connectivity index (χ4v) is 3.16. The first-order valence-corrected chi connectivity index (χ1v) is 8.03. The normalized spacial score (nSPS) is 25.9. The maximum Gasteiger partial charge on any atom is 0.191 e. The second kappa shape index (κ2) is 9.82. The first-order chi connectivity index (χ1) is 9.25. The second-order valence-corrected chi connectivity index (χ2v) is 6.19. The van der Waals surface area contributed by atoms with Crippen molar-refractivity contribution in [2.24, 2.45) is 16.6 Å². The first kappa shape index (κ1) is 18.0. The van der Waals surface area contributed by atoms with Gasteiger partial charge in [0.2, 0.25) is 0 Å². The lowest BCUT2D eigenvalue weighted by molar-refractivity contribution is 0.268. The zero-order valence-electron chi connectivity index (χ0n) is 12.9. The number of piperidine rings is 1. The molecule has 0 amide bonds. The molecular formula is C15H31IN4. The predicted octanol–water partition coefficient (Wildman–Crippen LogP) is 2.53. The van der Waals surface area contributed by atoms with Crippen LogP contribution in [0.15, 0.2) is 4.99 Å². The van der Waals surface area contributed by atoms with E-state index >= 15 is 0 Å². The molecule has 1 atom stereocenters. The molecule has 2 aliphatic heterocycles. The average molecular weight is 394 g/mol. The lowest BCUT2D eigenvalue weighted by Gasteiger charge is -2.31. The van der Waals surface area contributed by atoms with Crippen molar-refractivity contribution in [1.29, 1.82) is 0 Å². The molecule has 5 heteroatoms. The van der Waals surface area contributed by atoms with E-state index in [-0.39, 0.29) is 24.0 Å². The Morgan fingerprint density at radius 3 is 2.45 bits per heavy atom. The lowest BCUT2D eigenvalue weighted by atomic mass is 10.0. The van der Waals surface area contributed by atoms with Crippen molar-refractivity contribution in [3.8, 4) is 0 Å². The summed E-state index contributed by atoms with van der Waals surface area (Å²) >= 11 is 0. The molecule has 0 radical (unpaired) electrons. The summed E-state index contributed by atoms with van der Waals surface area (Å²) in [6.07, 6.45) is 8.08. The van der Waals surface area contributed by atoms with E-state index in [1.165, 1.54) is 51.6 Å². The number of nitrogens with two attached hydrogens (primary N) is 1. The molecule has 2 heterocycles. The second-order valence-electron chi connectivity index (χ2n) is 6.19. The largest absolute Gasteiger partial charge is 0.370 e. The minimum absolute atomic E-state index is 0. The number of guanidine groups is 1. The topological polar surface area (TPSA) is 44.9 Å². The SMILES string of the molecule is CC1CCCN(C(N)=NCCN2CCCCCC2)C1.I. The summed E-state index contributed by atoms with van der Waals surface area (Å²) in [5, 5.41) is 0. The van der Waals surface area contributed by atoms with Crippen LogP contribution in [0.3, 0.4) is 0 Å². The molecule has 2 N–H and O–H groups in total. The van der Waals surface area contributed by atoms with Gasteiger partial charge in [-0.15, -0.1) is 24.0 Å². The zero-order valence-corrected chi connectivity index (χ0v) is 15.2. The Balaban J connectivity index is 0.00000200. The highest BCUT2D eigenvalue weighted by molar-refractivity contribution is 14.0. The third-order valence-corrected chi connectivity index (χ3v) is 4.37. The molecule has 0 aliphatic carbocycles. The fourth-order valence-electron chi connectivity index (χ4n) is 3.16. The van der Waals surface area contributed by atoms with Crippen molar-refractivity contribution in [3.05, 3.63) is 0 Å². The highest BCUT2D eigenvalue weighted by Crippen LogP contribution is 2.15. The standard InChI is InChI=1S/C15H30N4.HI/c1-14-7-6-11-19(13-14)15(16)17-8-12-18-9-4-2-3-5-10-18;/h14H,2-13H2,1H3,(H2,16,17);1H. The van der Waals surface area contributed by atoms with E-state index in [0.29, 0.717) is 0 Å². The van der Waals surface area contributed by atoms with E-state index < -0.39 is 0 Å². The lowest BCUT2D eigenvalue weighted by Crippen LogP contribution is -2.43. The summed E-state index contributed by atoms with van der Waals surface area (Å²) in [7, 11) is 0. The van der Waals surface area contributed by atoms with Gasteiger partial charge in [0.05, 0.1) is 6.54 Å². The first-order valence-electron chi connectivity index (χ1n) is 8.03. The van der Waals surface area contributed by atoms with Gasteiger partial charge in [-0.05, 0) is 44.7 Å². The van der Waals surface area contributed by atoms with Gasteiger partial charge >= 0.3 is 0 Å². The molecule has 0 bridgehead atoms. The summed E-state index contributed by atoms with van der Waals surface area (Å²) in [5.41, 5.74) is 6.11. The van der Waals surface area contributed by atoms with Crippen molar-refractivity contribution >= 4 is 29.9 Å². The number of rotatable bonds is 3. The molecule has 2 saturated heterocycles. The van der Waals surface area contributed by atoms with Crippen LogP contribution in [-0.2, 0) is 0 Å². The van der Waals surface area contributed by atoms with Crippen LogP contribution in [0.5, 0.6) is 0 Å². The van der Waals surface area contributed by atoms with E-state index in [9.17, 15) is 0 Å². The Morgan fingerprint density at radius 1 is 1.10 bits per heavy atom. The van der Waals surface area contributed by atoms with Crippen molar-refractivity contribution in [1.82, 2.24) is 9.80 Å². The van der Waals surface area contributed by atoms with Crippen molar-refractivity contribution in [2.45, 2.75) is 45.4 Å². The molecule has 1 unspecified atom stereocenters. The maximum atomic E-state index is 6.11. The van der Waals surface area contributed by atoms with Crippen LogP contribution in [0.1, 0.15) is 45.4 Å². The van der Waals surface area contributed by atoms with E-state index in [2.05, 4.69) is 21.7 Å². The van der Waals surface area contributed by atoms with Gasteiger partial charge in [0.1, 0.15) is 0 Å². The molecule has 20 heavy (non-hydrogen) atoms. The molecule has 0 aromatic rings. The van der Waals surface area contributed by atoms with Crippen molar-refractivity contribution in [3.63, 3.8) is 0 Å². The molecule has 0 aromatic heterocycles. The summed E-state index contributed by atoms with van der Waals surface area (Å²) in [6, 6.07) is 0. The summed E-state index contributed by atoms with van der Waals surface area (Å²) in [5.74, 6) is 1.52. The van der Waals surface area contributed by atoms with E-state index in [4.69, 9.17) is 5.73 Å². The number of aliphatic imine (C=N–C) groups is 1.